The quantitative estimate of drug-likeness (QED) is 0.585. The van der Waals surface area contributed by atoms with Crippen molar-refractivity contribution in [3.8, 4) is 0 Å². The maximum absolute atomic E-state index is 12.0. The highest BCUT2D eigenvalue weighted by Gasteiger charge is 2.15. The van der Waals surface area contributed by atoms with E-state index in [4.69, 9.17) is 5.11 Å². The van der Waals surface area contributed by atoms with Crippen molar-refractivity contribution in [3.05, 3.63) is 29.8 Å². The van der Waals surface area contributed by atoms with Crippen LogP contribution in [0.15, 0.2) is 23.5 Å². The van der Waals surface area contributed by atoms with Gasteiger partial charge in [-0.3, -0.25) is 9.78 Å². The molecule has 116 valence electrons. The Labute approximate surface area is 123 Å². The van der Waals surface area contributed by atoms with Crippen molar-refractivity contribution >= 4 is 10.0 Å². The molecule has 9 heteroatoms. The molecule has 21 heavy (non-hydrogen) atoms. The molecule has 0 fully saturated rings. The number of aliphatic hydroxyl groups excluding tert-OH is 1. The van der Waals surface area contributed by atoms with Gasteiger partial charge in [0.15, 0.2) is 0 Å². The molecule has 2 aromatic rings. The Morgan fingerprint density at radius 2 is 2.24 bits per heavy atom. The number of hydrogen-bond donors (Lipinski definition) is 3. The van der Waals surface area contributed by atoms with Crippen LogP contribution >= 0.6 is 0 Å². The van der Waals surface area contributed by atoms with Gasteiger partial charge in [-0.2, -0.15) is 10.2 Å². The molecule has 0 saturated heterocycles. The summed E-state index contributed by atoms with van der Waals surface area (Å²) in [6.45, 7) is 2.47. The van der Waals surface area contributed by atoms with Crippen molar-refractivity contribution in [1.82, 2.24) is 24.7 Å². The van der Waals surface area contributed by atoms with Gasteiger partial charge >= 0.3 is 0 Å². The van der Waals surface area contributed by atoms with E-state index in [0.717, 1.165) is 17.7 Å². The van der Waals surface area contributed by atoms with Gasteiger partial charge in [-0.05, 0) is 25.3 Å². The Bertz CT molecular complexity index is 677. The number of aromatic nitrogens is 4. The van der Waals surface area contributed by atoms with Gasteiger partial charge in [-0.1, -0.05) is 0 Å². The topological polar surface area (TPSA) is 113 Å². The number of aromatic amines is 1. The van der Waals surface area contributed by atoms with Crippen LogP contribution in [0.3, 0.4) is 0 Å². The fraction of sp³-hybridized carbons (Fsp3) is 0.500. The second-order valence-corrected chi connectivity index (χ2v) is 6.45. The summed E-state index contributed by atoms with van der Waals surface area (Å²) in [5, 5.41) is 19.4. The van der Waals surface area contributed by atoms with Gasteiger partial charge in [-0.25, -0.2) is 13.1 Å². The van der Waals surface area contributed by atoms with Gasteiger partial charge in [0, 0.05) is 18.4 Å². The summed E-state index contributed by atoms with van der Waals surface area (Å²) in [6, 6.07) is 0. The van der Waals surface area contributed by atoms with E-state index in [0.29, 0.717) is 13.0 Å². The summed E-state index contributed by atoms with van der Waals surface area (Å²) < 4.78 is 28.0. The second-order valence-electron chi connectivity index (χ2n) is 4.68. The lowest BCUT2D eigenvalue weighted by Crippen LogP contribution is -2.24. The molecule has 0 saturated carbocycles. The molecule has 0 aliphatic rings. The van der Waals surface area contributed by atoms with E-state index in [9.17, 15) is 8.42 Å². The molecule has 0 unspecified atom stereocenters. The van der Waals surface area contributed by atoms with E-state index in [2.05, 4.69) is 20.0 Å². The third-order valence-electron chi connectivity index (χ3n) is 3.10. The molecule has 0 bridgehead atoms. The van der Waals surface area contributed by atoms with Crippen molar-refractivity contribution in [2.24, 2.45) is 0 Å². The lowest BCUT2D eigenvalue weighted by molar-refractivity contribution is 0.269. The maximum Gasteiger partial charge on any atom is 0.243 e. The minimum absolute atomic E-state index is 0.0847. The van der Waals surface area contributed by atoms with Crippen LogP contribution in [-0.2, 0) is 23.0 Å². The molecule has 0 aromatic carbocycles. The number of H-pyrrole nitrogens is 1. The first-order chi connectivity index (χ1) is 10.0. The Balaban J connectivity index is 1.84. The molecule has 3 N–H and O–H groups in total. The highest BCUT2D eigenvalue weighted by Crippen LogP contribution is 2.08. The number of nitrogens with one attached hydrogen (secondary N) is 2. The predicted molar refractivity (Wildman–Crippen MR) is 76.1 cm³/mol. The molecule has 0 spiro atoms. The minimum atomic E-state index is -3.55. The minimum Gasteiger partial charge on any atom is -0.394 e. The molecule has 2 aromatic heterocycles. The van der Waals surface area contributed by atoms with Crippen molar-refractivity contribution in [1.29, 1.82) is 0 Å². The smallest absolute Gasteiger partial charge is 0.243 e. The van der Waals surface area contributed by atoms with Gasteiger partial charge in [0.05, 0.1) is 25.5 Å². The Morgan fingerprint density at radius 3 is 2.90 bits per heavy atom. The zero-order valence-corrected chi connectivity index (χ0v) is 12.6. The van der Waals surface area contributed by atoms with Crippen molar-refractivity contribution in [3.63, 3.8) is 0 Å². The Hall–Kier alpha value is -1.71. The molecule has 0 amide bonds. The highest BCUT2D eigenvalue weighted by molar-refractivity contribution is 7.89. The van der Waals surface area contributed by atoms with E-state index >= 15 is 0 Å². The van der Waals surface area contributed by atoms with Crippen LogP contribution in [0.2, 0.25) is 0 Å². The summed E-state index contributed by atoms with van der Waals surface area (Å²) in [5.74, 6) is 0. The first-order valence-corrected chi connectivity index (χ1v) is 8.13. The van der Waals surface area contributed by atoms with Crippen LogP contribution in [-0.4, -0.2) is 46.7 Å². The summed E-state index contributed by atoms with van der Waals surface area (Å²) in [4.78, 5) is 0.107. The van der Waals surface area contributed by atoms with Crippen molar-refractivity contribution in [2.45, 2.75) is 31.2 Å². The average Bonchev–Trinajstić information content (AvgIpc) is 3.05. The first-order valence-electron chi connectivity index (χ1n) is 6.65. The lowest BCUT2D eigenvalue weighted by atomic mass is 10.1. The standard InChI is InChI=1S/C12H19N5O3S/c1-10-11(7-13-16-10)3-2-4-15-21(19,20)12-8-14-17(9-12)5-6-18/h7-9,15,18H,2-6H2,1H3,(H,13,16). The van der Waals surface area contributed by atoms with E-state index in [1.165, 1.54) is 17.1 Å². The molecule has 8 nitrogen and oxygen atoms in total. The van der Waals surface area contributed by atoms with Crippen LogP contribution in [0, 0.1) is 6.92 Å². The number of sulfonamides is 1. The molecule has 0 atom stereocenters. The van der Waals surface area contributed by atoms with Gasteiger partial charge in [0.1, 0.15) is 4.90 Å². The normalized spacial score (nSPS) is 11.9. The molecule has 0 radical (unpaired) electrons. The van der Waals surface area contributed by atoms with Gasteiger partial charge in [0.25, 0.3) is 0 Å². The van der Waals surface area contributed by atoms with Crippen molar-refractivity contribution < 1.29 is 13.5 Å². The Morgan fingerprint density at radius 1 is 1.43 bits per heavy atom. The average molecular weight is 313 g/mol. The molecule has 2 rings (SSSR count). The lowest BCUT2D eigenvalue weighted by Gasteiger charge is -2.04. The van der Waals surface area contributed by atoms with E-state index in [1.807, 2.05) is 6.92 Å². The third-order valence-corrected chi connectivity index (χ3v) is 4.51. The van der Waals surface area contributed by atoms with Crippen LogP contribution in [0.1, 0.15) is 17.7 Å². The maximum atomic E-state index is 12.0. The van der Waals surface area contributed by atoms with Crippen LogP contribution in [0.5, 0.6) is 0 Å². The molecular formula is C12H19N5O3S. The summed E-state index contributed by atoms with van der Waals surface area (Å²) >= 11 is 0. The Kier molecular flexibility index (Phi) is 5.10. The molecular weight excluding hydrogens is 294 g/mol. The SMILES string of the molecule is Cc1[nH]ncc1CCCNS(=O)(=O)c1cnn(CCO)c1. The first kappa shape index (κ1) is 15.7. The van der Waals surface area contributed by atoms with E-state index in [1.54, 1.807) is 6.20 Å². The highest BCUT2D eigenvalue weighted by atomic mass is 32.2. The van der Waals surface area contributed by atoms with Gasteiger partial charge in [0.2, 0.25) is 10.0 Å². The fourth-order valence-corrected chi connectivity index (χ4v) is 2.93. The predicted octanol–water partition coefficient (Wildman–Crippen LogP) is -0.182. The van der Waals surface area contributed by atoms with E-state index < -0.39 is 10.0 Å². The van der Waals surface area contributed by atoms with Crippen LogP contribution in [0.4, 0.5) is 0 Å². The zero-order valence-electron chi connectivity index (χ0n) is 11.8. The summed E-state index contributed by atoms with van der Waals surface area (Å²) in [7, 11) is -3.55. The van der Waals surface area contributed by atoms with Crippen LogP contribution in [0.25, 0.3) is 0 Å². The third kappa shape index (κ3) is 4.13. The fourth-order valence-electron chi connectivity index (χ4n) is 1.90. The zero-order chi connectivity index (χ0) is 15.3. The van der Waals surface area contributed by atoms with Gasteiger partial charge in [-0.15, -0.1) is 0 Å². The van der Waals surface area contributed by atoms with Gasteiger partial charge < -0.3 is 5.11 Å². The number of hydrogen-bond acceptors (Lipinski definition) is 5. The number of rotatable bonds is 8. The summed E-state index contributed by atoms with van der Waals surface area (Å²) in [6.07, 6.45) is 5.87. The largest absolute Gasteiger partial charge is 0.394 e. The molecule has 0 aliphatic carbocycles. The number of aliphatic hydroxyl groups is 1. The van der Waals surface area contributed by atoms with Crippen molar-refractivity contribution in [2.75, 3.05) is 13.2 Å². The number of aryl methyl sites for hydroxylation is 2. The molecule has 0 aliphatic heterocycles. The van der Waals surface area contributed by atoms with Crippen LogP contribution < -0.4 is 4.72 Å². The number of nitrogens with zero attached hydrogens (tertiary/aromatic N) is 3. The monoisotopic (exact) mass is 313 g/mol. The molecule has 2 heterocycles. The second kappa shape index (κ2) is 6.83. The summed E-state index contributed by atoms with van der Waals surface area (Å²) in [5.41, 5.74) is 2.09. The van der Waals surface area contributed by atoms with E-state index in [-0.39, 0.29) is 18.0 Å².